The summed E-state index contributed by atoms with van der Waals surface area (Å²) >= 11 is 0. The first-order valence-corrected chi connectivity index (χ1v) is 7.45. The predicted molar refractivity (Wildman–Crippen MR) is 77.6 cm³/mol. The molecule has 104 valence electrons. The highest BCUT2D eigenvalue weighted by atomic mass is 15.0. The van der Waals surface area contributed by atoms with Crippen LogP contribution in [0.15, 0.2) is 0 Å². The maximum atomic E-state index is 3.56. The summed E-state index contributed by atoms with van der Waals surface area (Å²) in [7, 11) is 0. The van der Waals surface area contributed by atoms with Crippen molar-refractivity contribution in [3.8, 4) is 0 Å². The van der Waals surface area contributed by atoms with E-state index in [-0.39, 0.29) is 0 Å². The van der Waals surface area contributed by atoms with Gasteiger partial charge in [0.15, 0.2) is 0 Å². The molecular formula is C14H33N3. The molecule has 3 N–H and O–H groups in total. The molecule has 0 unspecified atom stereocenters. The SMILES string of the molecule is CCC(CC)NCCNCCNC(CC)CC. The molecule has 0 spiro atoms. The second kappa shape index (κ2) is 12.3. The average molecular weight is 243 g/mol. The molecule has 0 aromatic rings. The molecule has 0 radical (unpaired) electrons. The molecule has 0 heterocycles. The third-order valence-electron chi connectivity index (χ3n) is 3.44. The van der Waals surface area contributed by atoms with E-state index in [1.54, 1.807) is 0 Å². The summed E-state index contributed by atoms with van der Waals surface area (Å²) in [5.74, 6) is 0. The van der Waals surface area contributed by atoms with Gasteiger partial charge in [-0.3, -0.25) is 0 Å². The van der Waals surface area contributed by atoms with Crippen LogP contribution in [0.3, 0.4) is 0 Å². The number of nitrogens with one attached hydrogen (secondary N) is 3. The predicted octanol–water partition coefficient (Wildman–Crippen LogP) is 2.13. The fraction of sp³-hybridized carbons (Fsp3) is 1.00. The summed E-state index contributed by atoms with van der Waals surface area (Å²) in [6.07, 6.45) is 4.92. The van der Waals surface area contributed by atoms with Crippen LogP contribution < -0.4 is 16.0 Å². The Morgan fingerprint density at radius 2 is 0.941 bits per heavy atom. The van der Waals surface area contributed by atoms with E-state index in [0.29, 0.717) is 12.1 Å². The van der Waals surface area contributed by atoms with Gasteiger partial charge in [-0.1, -0.05) is 27.7 Å². The Bertz CT molecular complexity index is 126. The van der Waals surface area contributed by atoms with Crippen molar-refractivity contribution >= 4 is 0 Å². The Hall–Kier alpha value is -0.120. The molecule has 0 atom stereocenters. The molecule has 0 aliphatic carbocycles. The third kappa shape index (κ3) is 9.57. The number of hydrogen-bond donors (Lipinski definition) is 3. The lowest BCUT2D eigenvalue weighted by Crippen LogP contribution is -2.38. The van der Waals surface area contributed by atoms with Crippen molar-refractivity contribution in [3.63, 3.8) is 0 Å². The lowest BCUT2D eigenvalue weighted by Gasteiger charge is -2.16. The molecule has 0 aliphatic heterocycles. The Balaban J connectivity index is 3.23. The quantitative estimate of drug-likeness (QED) is 0.460. The molecular weight excluding hydrogens is 210 g/mol. The van der Waals surface area contributed by atoms with Gasteiger partial charge in [0.25, 0.3) is 0 Å². The van der Waals surface area contributed by atoms with Gasteiger partial charge in [-0.15, -0.1) is 0 Å². The van der Waals surface area contributed by atoms with Crippen molar-refractivity contribution in [3.05, 3.63) is 0 Å². The molecule has 0 fully saturated rings. The molecule has 0 aromatic heterocycles. The van der Waals surface area contributed by atoms with Crippen molar-refractivity contribution in [1.82, 2.24) is 16.0 Å². The second-order valence-electron chi connectivity index (χ2n) is 4.69. The maximum Gasteiger partial charge on any atom is 0.00793 e. The maximum absolute atomic E-state index is 3.56. The van der Waals surface area contributed by atoms with E-state index in [1.165, 1.54) is 25.7 Å². The molecule has 0 aliphatic rings. The first-order valence-electron chi connectivity index (χ1n) is 7.45. The van der Waals surface area contributed by atoms with Crippen LogP contribution in [0, 0.1) is 0 Å². The van der Waals surface area contributed by atoms with Crippen molar-refractivity contribution in [1.29, 1.82) is 0 Å². The zero-order valence-corrected chi connectivity index (χ0v) is 12.3. The molecule has 0 saturated heterocycles. The minimum atomic E-state index is 0.694. The highest BCUT2D eigenvalue weighted by Gasteiger charge is 2.01. The van der Waals surface area contributed by atoms with Crippen molar-refractivity contribution in [2.75, 3.05) is 26.2 Å². The summed E-state index contributed by atoms with van der Waals surface area (Å²) in [5, 5.41) is 10.6. The van der Waals surface area contributed by atoms with Crippen LogP contribution in [0.5, 0.6) is 0 Å². The van der Waals surface area contributed by atoms with Crippen molar-refractivity contribution < 1.29 is 0 Å². The minimum absolute atomic E-state index is 0.694. The van der Waals surface area contributed by atoms with Crippen LogP contribution in [0.2, 0.25) is 0 Å². The number of hydrogen-bond acceptors (Lipinski definition) is 3. The third-order valence-corrected chi connectivity index (χ3v) is 3.44. The van der Waals surface area contributed by atoms with E-state index in [0.717, 1.165) is 26.2 Å². The van der Waals surface area contributed by atoms with Gasteiger partial charge in [-0.2, -0.15) is 0 Å². The fourth-order valence-electron chi connectivity index (χ4n) is 2.01. The zero-order chi connectivity index (χ0) is 12.9. The molecule has 0 rings (SSSR count). The van der Waals surface area contributed by atoms with E-state index in [9.17, 15) is 0 Å². The van der Waals surface area contributed by atoms with Gasteiger partial charge in [0.1, 0.15) is 0 Å². The fourth-order valence-corrected chi connectivity index (χ4v) is 2.01. The van der Waals surface area contributed by atoms with E-state index in [2.05, 4.69) is 43.6 Å². The first-order chi connectivity index (χ1) is 8.28. The smallest absolute Gasteiger partial charge is 0.00793 e. The van der Waals surface area contributed by atoms with E-state index < -0.39 is 0 Å². The Kier molecular flexibility index (Phi) is 12.3. The standard InChI is InChI=1S/C14H33N3/c1-5-13(6-2)16-11-9-15-10-12-17-14(7-3)8-4/h13-17H,5-12H2,1-4H3. The minimum Gasteiger partial charge on any atom is -0.314 e. The summed E-state index contributed by atoms with van der Waals surface area (Å²) in [6.45, 7) is 13.3. The van der Waals surface area contributed by atoms with E-state index >= 15 is 0 Å². The van der Waals surface area contributed by atoms with Crippen LogP contribution in [-0.2, 0) is 0 Å². The normalized spacial score (nSPS) is 11.6. The summed E-state index contributed by atoms with van der Waals surface area (Å²) in [6, 6.07) is 1.39. The Morgan fingerprint density at radius 3 is 1.24 bits per heavy atom. The monoisotopic (exact) mass is 243 g/mol. The van der Waals surface area contributed by atoms with Crippen LogP contribution in [0.25, 0.3) is 0 Å². The van der Waals surface area contributed by atoms with Gasteiger partial charge < -0.3 is 16.0 Å². The number of rotatable bonds is 12. The van der Waals surface area contributed by atoms with Gasteiger partial charge in [-0.25, -0.2) is 0 Å². The zero-order valence-electron chi connectivity index (χ0n) is 12.3. The van der Waals surface area contributed by atoms with Gasteiger partial charge in [0.05, 0.1) is 0 Å². The highest BCUT2D eigenvalue weighted by molar-refractivity contribution is 4.65. The summed E-state index contributed by atoms with van der Waals surface area (Å²) < 4.78 is 0. The van der Waals surface area contributed by atoms with E-state index in [1.807, 2.05) is 0 Å². The largest absolute Gasteiger partial charge is 0.314 e. The van der Waals surface area contributed by atoms with Gasteiger partial charge >= 0.3 is 0 Å². The average Bonchev–Trinajstić information content (AvgIpc) is 2.37. The lowest BCUT2D eigenvalue weighted by molar-refractivity contribution is 0.457. The molecule has 0 bridgehead atoms. The Morgan fingerprint density at radius 1 is 0.588 bits per heavy atom. The molecule has 3 nitrogen and oxygen atoms in total. The molecule has 0 amide bonds. The summed E-state index contributed by atoms with van der Waals surface area (Å²) in [5.41, 5.74) is 0. The summed E-state index contributed by atoms with van der Waals surface area (Å²) in [4.78, 5) is 0. The molecule has 3 heteroatoms. The molecule has 0 aromatic carbocycles. The Labute approximate surface area is 108 Å². The molecule has 0 saturated carbocycles. The van der Waals surface area contributed by atoms with Gasteiger partial charge in [-0.05, 0) is 25.7 Å². The second-order valence-corrected chi connectivity index (χ2v) is 4.69. The van der Waals surface area contributed by atoms with Crippen LogP contribution in [0.4, 0.5) is 0 Å². The van der Waals surface area contributed by atoms with Gasteiger partial charge in [0.2, 0.25) is 0 Å². The topological polar surface area (TPSA) is 36.1 Å². The van der Waals surface area contributed by atoms with Crippen LogP contribution in [0.1, 0.15) is 53.4 Å². The van der Waals surface area contributed by atoms with E-state index in [4.69, 9.17) is 0 Å². The molecule has 17 heavy (non-hydrogen) atoms. The highest BCUT2D eigenvalue weighted by Crippen LogP contribution is 1.95. The van der Waals surface area contributed by atoms with Gasteiger partial charge in [0, 0.05) is 38.3 Å². The lowest BCUT2D eigenvalue weighted by atomic mass is 10.2. The van der Waals surface area contributed by atoms with Crippen LogP contribution >= 0.6 is 0 Å². The van der Waals surface area contributed by atoms with Crippen molar-refractivity contribution in [2.24, 2.45) is 0 Å². The van der Waals surface area contributed by atoms with Crippen LogP contribution in [-0.4, -0.2) is 38.3 Å². The first kappa shape index (κ1) is 16.9. The van der Waals surface area contributed by atoms with Crippen molar-refractivity contribution in [2.45, 2.75) is 65.5 Å².